The van der Waals surface area contributed by atoms with Gasteiger partial charge in [0.1, 0.15) is 0 Å². The SMILES string of the molecule is CCNC(CO)CCSCc1cc(C)cc(C)c1. The van der Waals surface area contributed by atoms with E-state index in [1.165, 1.54) is 16.7 Å². The van der Waals surface area contributed by atoms with Crippen LogP contribution < -0.4 is 5.32 Å². The van der Waals surface area contributed by atoms with E-state index in [2.05, 4.69) is 44.3 Å². The van der Waals surface area contributed by atoms with Crippen molar-refractivity contribution in [1.82, 2.24) is 5.32 Å². The molecule has 1 aromatic carbocycles. The molecule has 0 aliphatic heterocycles. The zero-order valence-corrected chi connectivity index (χ0v) is 12.5. The van der Waals surface area contributed by atoms with Crippen molar-refractivity contribution < 1.29 is 5.11 Å². The van der Waals surface area contributed by atoms with E-state index in [0.717, 1.165) is 24.5 Å². The van der Waals surface area contributed by atoms with Crippen molar-refractivity contribution in [3.05, 3.63) is 34.9 Å². The van der Waals surface area contributed by atoms with Gasteiger partial charge in [0.05, 0.1) is 6.61 Å². The van der Waals surface area contributed by atoms with E-state index in [0.29, 0.717) is 0 Å². The molecule has 0 aliphatic rings. The molecule has 1 rings (SSSR count). The van der Waals surface area contributed by atoms with Gasteiger partial charge in [-0.05, 0) is 38.1 Å². The third kappa shape index (κ3) is 5.89. The van der Waals surface area contributed by atoms with Crippen LogP contribution in [0.15, 0.2) is 18.2 Å². The summed E-state index contributed by atoms with van der Waals surface area (Å²) in [4.78, 5) is 0. The number of likely N-dealkylation sites (N-methyl/N-ethyl adjacent to an activating group) is 1. The Morgan fingerprint density at radius 1 is 1.22 bits per heavy atom. The molecule has 102 valence electrons. The van der Waals surface area contributed by atoms with Gasteiger partial charge < -0.3 is 10.4 Å². The normalized spacial score (nSPS) is 12.7. The van der Waals surface area contributed by atoms with Crippen LogP contribution in [0.3, 0.4) is 0 Å². The molecule has 2 nitrogen and oxygen atoms in total. The molecule has 2 N–H and O–H groups in total. The fourth-order valence-corrected chi connectivity index (χ4v) is 3.11. The fourth-order valence-electron chi connectivity index (χ4n) is 2.11. The van der Waals surface area contributed by atoms with Gasteiger partial charge in [-0.25, -0.2) is 0 Å². The summed E-state index contributed by atoms with van der Waals surface area (Å²) in [5.41, 5.74) is 4.08. The Morgan fingerprint density at radius 3 is 2.44 bits per heavy atom. The van der Waals surface area contributed by atoms with Crippen LogP contribution in [-0.4, -0.2) is 30.1 Å². The standard InChI is InChI=1S/C15H25NOS/c1-4-16-15(10-17)5-6-18-11-14-8-12(2)7-13(3)9-14/h7-9,15-17H,4-6,10-11H2,1-3H3. The first-order valence-corrected chi connectivity index (χ1v) is 7.80. The van der Waals surface area contributed by atoms with Gasteiger partial charge in [-0.3, -0.25) is 0 Å². The third-order valence-corrected chi connectivity index (χ3v) is 3.94. The topological polar surface area (TPSA) is 32.3 Å². The molecule has 3 heteroatoms. The van der Waals surface area contributed by atoms with Gasteiger partial charge in [-0.2, -0.15) is 11.8 Å². The molecule has 0 heterocycles. The number of hydrogen-bond donors (Lipinski definition) is 2. The predicted molar refractivity (Wildman–Crippen MR) is 81.2 cm³/mol. The Balaban J connectivity index is 2.28. The van der Waals surface area contributed by atoms with Crippen LogP contribution in [0.4, 0.5) is 0 Å². The van der Waals surface area contributed by atoms with Crippen molar-refractivity contribution in [2.24, 2.45) is 0 Å². The number of thioether (sulfide) groups is 1. The summed E-state index contributed by atoms with van der Waals surface area (Å²) >= 11 is 1.94. The quantitative estimate of drug-likeness (QED) is 0.710. The third-order valence-electron chi connectivity index (χ3n) is 2.87. The predicted octanol–water partition coefficient (Wildman–Crippen LogP) is 2.90. The minimum Gasteiger partial charge on any atom is -0.395 e. The highest BCUT2D eigenvalue weighted by Gasteiger charge is 2.05. The summed E-state index contributed by atoms with van der Waals surface area (Å²) in [6.07, 6.45) is 1.03. The van der Waals surface area contributed by atoms with Crippen LogP contribution in [0.2, 0.25) is 0 Å². The Morgan fingerprint density at radius 2 is 1.89 bits per heavy atom. The highest BCUT2D eigenvalue weighted by atomic mass is 32.2. The lowest BCUT2D eigenvalue weighted by Gasteiger charge is -2.14. The molecule has 18 heavy (non-hydrogen) atoms. The lowest BCUT2D eigenvalue weighted by Crippen LogP contribution is -2.32. The van der Waals surface area contributed by atoms with Crippen LogP contribution in [0.5, 0.6) is 0 Å². The Kier molecular flexibility index (Phi) is 7.40. The summed E-state index contributed by atoms with van der Waals surface area (Å²) < 4.78 is 0. The van der Waals surface area contributed by atoms with E-state index in [-0.39, 0.29) is 12.6 Å². The first-order valence-electron chi connectivity index (χ1n) is 6.65. The van der Waals surface area contributed by atoms with Gasteiger partial charge >= 0.3 is 0 Å². The first-order chi connectivity index (χ1) is 8.65. The minimum absolute atomic E-state index is 0.234. The molecule has 0 saturated heterocycles. The second-order valence-corrected chi connectivity index (χ2v) is 5.88. The van der Waals surface area contributed by atoms with E-state index >= 15 is 0 Å². The monoisotopic (exact) mass is 267 g/mol. The number of aryl methyl sites for hydroxylation is 2. The first kappa shape index (κ1) is 15.5. The molecule has 1 atom stereocenters. The fraction of sp³-hybridized carbons (Fsp3) is 0.600. The maximum absolute atomic E-state index is 9.17. The van der Waals surface area contributed by atoms with Gasteiger partial charge in [0.25, 0.3) is 0 Å². The molecule has 0 bridgehead atoms. The van der Waals surface area contributed by atoms with Gasteiger partial charge in [0.2, 0.25) is 0 Å². The van der Waals surface area contributed by atoms with Crippen LogP contribution >= 0.6 is 11.8 Å². The van der Waals surface area contributed by atoms with Crippen molar-refractivity contribution in [2.75, 3.05) is 18.9 Å². The minimum atomic E-state index is 0.234. The lowest BCUT2D eigenvalue weighted by molar-refractivity contribution is 0.242. The zero-order chi connectivity index (χ0) is 13.4. The largest absolute Gasteiger partial charge is 0.395 e. The van der Waals surface area contributed by atoms with Gasteiger partial charge in [0.15, 0.2) is 0 Å². The van der Waals surface area contributed by atoms with Crippen LogP contribution in [0, 0.1) is 13.8 Å². The Labute approximate surface area is 115 Å². The van der Waals surface area contributed by atoms with Crippen molar-refractivity contribution >= 4 is 11.8 Å². The number of nitrogens with one attached hydrogen (secondary N) is 1. The van der Waals surface area contributed by atoms with E-state index in [1.807, 2.05) is 11.8 Å². The molecular formula is C15H25NOS. The number of hydrogen-bond acceptors (Lipinski definition) is 3. The van der Waals surface area contributed by atoms with Gasteiger partial charge in [-0.1, -0.05) is 36.2 Å². The zero-order valence-electron chi connectivity index (χ0n) is 11.7. The highest BCUT2D eigenvalue weighted by Crippen LogP contribution is 2.16. The highest BCUT2D eigenvalue weighted by molar-refractivity contribution is 7.98. The molecule has 0 spiro atoms. The van der Waals surface area contributed by atoms with Crippen LogP contribution in [-0.2, 0) is 5.75 Å². The molecular weight excluding hydrogens is 242 g/mol. The number of aliphatic hydroxyl groups excluding tert-OH is 1. The maximum Gasteiger partial charge on any atom is 0.0584 e. The maximum atomic E-state index is 9.17. The Bertz CT molecular complexity index is 334. The van der Waals surface area contributed by atoms with Crippen molar-refractivity contribution in [2.45, 2.75) is 39.0 Å². The number of rotatable bonds is 8. The molecule has 0 aromatic heterocycles. The summed E-state index contributed by atoms with van der Waals surface area (Å²) in [5, 5.41) is 12.5. The molecule has 0 saturated carbocycles. The van der Waals surface area contributed by atoms with E-state index in [1.54, 1.807) is 0 Å². The molecule has 0 amide bonds. The molecule has 0 fully saturated rings. The second-order valence-electron chi connectivity index (χ2n) is 4.77. The number of aliphatic hydroxyl groups is 1. The Hall–Kier alpha value is -0.510. The van der Waals surface area contributed by atoms with Crippen molar-refractivity contribution in [3.63, 3.8) is 0 Å². The summed E-state index contributed by atoms with van der Waals surface area (Å²) in [5.74, 6) is 2.15. The van der Waals surface area contributed by atoms with Crippen LogP contribution in [0.25, 0.3) is 0 Å². The van der Waals surface area contributed by atoms with Gasteiger partial charge in [-0.15, -0.1) is 0 Å². The smallest absolute Gasteiger partial charge is 0.0584 e. The summed E-state index contributed by atoms with van der Waals surface area (Å²) in [7, 11) is 0. The second kappa shape index (κ2) is 8.57. The van der Waals surface area contributed by atoms with E-state index < -0.39 is 0 Å². The van der Waals surface area contributed by atoms with Crippen molar-refractivity contribution in [1.29, 1.82) is 0 Å². The van der Waals surface area contributed by atoms with Crippen molar-refractivity contribution in [3.8, 4) is 0 Å². The van der Waals surface area contributed by atoms with Crippen LogP contribution in [0.1, 0.15) is 30.0 Å². The number of benzene rings is 1. The summed E-state index contributed by atoms with van der Waals surface area (Å²) in [6, 6.07) is 6.98. The molecule has 0 radical (unpaired) electrons. The molecule has 0 aliphatic carbocycles. The average molecular weight is 267 g/mol. The molecule has 1 unspecified atom stereocenters. The van der Waals surface area contributed by atoms with Gasteiger partial charge in [0, 0.05) is 11.8 Å². The molecule has 1 aromatic rings. The lowest BCUT2D eigenvalue weighted by atomic mass is 10.1. The van der Waals surface area contributed by atoms with E-state index in [9.17, 15) is 5.11 Å². The van der Waals surface area contributed by atoms with E-state index in [4.69, 9.17) is 0 Å². The average Bonchev–Trinajstić information content (AvgIpc) is 2.32. The summed E-state index contributed by atoms with van der Waals surface area (Å²) in [6.45, 7) is 7.53.